The van der Waals surface area contributed by atoms with Crippen LogP contribution in [0.15, 0.2) is 72.2 Å². The number of aryl methyl sites for hydroxylation is 1. The van der Waals surface area contributed by atoms with E-state index in [1.807, 2.05) is 61.0 Å². The molecule has 0 saturated carbocycles. The Morgan fingerprint density at radius 2 is 1.87 bits per heavy atom. The van der Waals surface area contributed by atoms with Crippen molar-refractivity contribution in [3.05, 3.63) is 94.7 Å². The van der Waals surface area contributed by atoms with Gasteiger partial charge in [0.2, 0.25) is 5.88 Å². The molecule has 1 atom stereocenters. The van der Waals surface area contributed by atoms with Gasteiger partial charge in [-0.1, -0.05) is 37.8 Å². The molecule has 242 valence electrons. The lowest BCUT2D eigenvalue weighted by Crippen LogP contribution is -2.29. The smallest absolute Gasteiger partial charge is 0.282 e. The number of nitrogens with zero attached hydrogens (tertiary/aromatic N) is 7. The predicted octanol–water partition coefficient (Wildman–Crippen LogP) is 5.91. The quantitative estimate of drug-likeness (QED) is 0.0976. The van der Waals surface area contributed by atoms with E-state index in [4.69, 9.17) is 14.6 Å². The van der Waals surface area contributed by atoms with Crippen LogP contribution in [-0.4, -0.2) is 61.8 Å². The Hall–Kier alpha value is -5.14. The zero-order chi connectivity index (χ0) is 33.3. The molecule has 6 aromatic rings. The molecule has 0 unspecified atom stereocenters. The lowest BCUT2D eigenvalue weighted by atomic mass is 10.1. The van der Waals surface area contributed by atoms with E-state index in [0.29, 0.717) is 51.6 Å². The number of carbonyl (C=O) groups excluding carboxylic acids is 1. The highest BCUT2D eigenvalue weighted by molar-refractivity contribution is 6.76. The summed E-state index contributed by atoms with van der Waals surface area (Å²) >= 11 is 0. The van der Waals surface area contributed by atoms with Crippen LogP contribution in [0.4, 0.5) is 5.82 Å². The van der Waals surface area contributed by atoms with Crippen molar-refractivity contribution in [1.82, 2.24) is 33.7 Å². The van der Waals surface area contributed by atoms with E-state index in [9.17, 15) is 9.59 Å². The third-order valence-corrected chi connectivity index (χ3v) is 9.76. The first-order valence-electron chi connectivity index (χ1n) is 15.4. The van der Waals surface area contributed by atoms with Crippen LogP contribution in [0.1, 0.15) is 34.7 Å². The number of hydrogen-bond acceptors (Lipinski definition) is 9. The number of rotatable bonds is 12. The van der Waals surface area contributed by atoms with Crippen LogP contribution in [-0.2, 0) is 11.5 Å². The van der Waals surface area contributed by atoms with Crippen molar-refractivity contribution in [3.8, 4) is 22.7 Å². The molecule has 0 saturated heterocycles. The number of aromatic nitrogens is 7. The van der Waals surface area contributed by atoms with Gasteiger partial charge in [0.15, 0.2) is 12.1 Å². The number of ether oxygens (including phenoxy) is 2. The van der Waals surface area contributed by atoms with Gasteiger partial charge in [-0.3, -0.25) is 14.2 Å². The number of nitrogens with one attached hydrogen (secondary N) is 1. The summed E-state index contributed by atoms with van der Waals surface area (Å²) < 4.78 is 16.6. The third kappa shape index (κ3) is 6.31. The van der Waals surface area contributed by atoms with E-state index < -0.39 is 14.1 Å². The van der Waals surface area contributed by atoms with Crippen molar-refractivity contribution in [3.63, 3.8) is 0 Å². The summed E-state index contributed by atoms with van der Waals surface area (Å²) in [4.78, 5) is 39.5. The summed E-state index contributed by atoms with van der Waals surface area (Å²) in [5, 5.41) is 9.13. The molecule has 5 heterocycles. The molecule has 12 nitrogen and oxygen atoms in total. The topological polar surface area (TPSA) is 130 Å². The normalized spacial score (nSPS) is 12.5. The maximum absolute atomic E-state index is 13.9. The molecule has 0 aliphatic heterocycles. The van der Waals surface area contributed by atoms with Crippen molar-refractivity contribution >= 4 is 36.7 Å². The molecule has 0 bridgehead atoms. The van der Waals surface area contributed by atoms with Crippen LogP contribution in [0.25, 0.3) is 33.4 Å². The monoisotopic (exact) mass is 650 g/mol. The van der Waals surface area contributed by atoms with E-state index in [0.717, 1.165) is 23.5 Å². The molecule has 5 aromatic heterocycles. The minimum atomic E-state index is -1.28. The molecule has 1 aromatic carbocycles. The number of carbonyl (C=O) groups is 1. The highest BCUT2D eigenvalue weighted by atomic mass is 28.3. The third-order valence-electron chi connectivity index (χ3n) is 8.06. The van der Waals surface area contributed by atoms with Gasteiger partial charge in [0.1, 0.15) is 30.0 Å². The number of aldehydes is 1. The molecule has 47 heavy (non-hydrogen) atoms. The Morgan fingerprint density at radius 1 is 1.09 bits per heavy atom. The lowest BCUT2D eigenvalue weighted by molar-refractivity contribution is 0.0899. The summed E-state index contributed by atoms with van der Waals surface area (Å²) in [6, 6.07) is 13.6. The van der Waals surface area contributed by atoms with Gasteiger partial charge < -0.3 is 19.4 Å². The molecule has 0 radical (unpaired) electrons. The standard InChI is InChI=1S/C34H38N8O4Si/c1-22-12-13-41-29(22)34(44)42(26-10-8-7-9-11-26)31(39-41)23(2)38-30-28-27(24-16-25(19-43)33(45-3)35-17-24)18-40(32(28)37-20-36-30)21-46-14-15-47(4,5)6/h7-13,16-20,23H,14-15,21H2,1-6H3,(H,36,37,38)/t23-/m0/s1. The van der Waals surface area contributed by atoms with Gasteiger partial charge in [0.05, 0.1) is 29.8 Å². The average molecular weight is 651 g/mol. The lowest BCUT2D eigenvalue weighted by Gasteiger charge is -2.20. The predicted molar refractivity (Wildman–Crippen MR) is 184 cm³/mol. The maximum atomic E-state index is 13.9. The summed E-state index contributed by atoms with van der Waals surface area (Å²) in [6.07, 6.45) is 7.61. The molecule has 1 N–H and O–H groups in total. The first kappa shape index (κ1) is 31.8. The van der Waals surface area contributed by atoms with E-state index in [1.165, 1.54) is 13.4 Å². The van der Waals surface area contributed by atoms with Gasteiger partial charge in [-0.15, -0.1) is 0 Å². The SMILES string of the molecule is COc1ncc(-c2cn(COCC[Si](C)(C)C)c3ncnc(N[C@@H](C)c4nn5ccc(C)c5c(=O)n4-c4ccccc4)c23)cc1C=O. The Morgan fingerprint density at radius 3 is 2.60 bits per heavy atom. The number of hydrogen-bond donors (Lipinski definition) is 1. The van der Waals surface area contributed by atoms with Crippen molar-refractivity contribution in [2.75, 3.05) is 19.0 Å². The number of fused-ring (bicyclic) bond motifs is 2. The molecule has 6 rings (SSSR count). The zero-order valence-corrected chi connectivity index (χ0v) is 28.4. The van der Waals surface area contributed by atoms with Gasteiger partial charge in [0, 0.05) is 44.4 Å². The molecule has 0 aliphatic carbocycles. The highest BCUT2D eigenvalue weighted by Crippen LogP contribution is 2.36. The molecule has 13 heteroatoms. The Bertz CT molecular complexity index is 2130. The fraction of sp³-hybridized carbons (Fsp3) is 0.294. The number of para-hydroxylation sites is 1. The van der Waals surface area contributed by atoms with Gasteiger partial charge >= 0.3 is 0 Å². The molecular formula is C34H38N8O4Si. The summed E-state index contributed by atoms with van der Waals surface area (Å²) in [6.45, 7) is 11.7. The van der Waals surface area contributed by atoms with E-state index >= 15 is 0 Å². The number of pyridine rings is 1. The first-order chi connectivity index (χ1) is 22.6. The van der Waals surface area contributed by atoms with Crippen LogP contribution in [0.5, 0.6) is 5.88 Å². The van der Waals surface area contributed by atoms with E-state index in [-0.39, 0.29) is 18.2 Å². The van der Waals surface area contributed by atoms with Gasteiger partial charge in [-0.2, -0.15) is 5.10 Å². The number of methoxy groups -OCH3 is 1. The first-order valence-corrected chi connectivity index (χ1v) is 19.1. The van der Waals surface area contributed by atoms with Crippen molar-refractivity contribution in [2.24, 2.45) is 0 Å². The van der Waals surface area contributed by atoms with Gasteiger partial charge in [-0.05, 0) is 49.7 Å². The second-order valence-corrected chi connectivity index (χ2v) is 18.3. The van der Waals surface area contributed by atoms with Crippen molar-refractivity contribution < 1.29 is 14.3 Å². The fourth-order valence-electron chi connectivity index (χ4n) is 5.57. The molecule has 0 aliphatic rings. The number of anilines is 1. The average Bonchev–Trinajstić information content (AvgIpc) is 3.63. The minimum Gasteiger partial charge on any atom is -0.480 e. The molecular weight excluding hydrogens is 613 g/mol. The molecule has 0 spiro atoms. The number of benzene rings is 1. The summed E-state index contributed by atoms with van der Waals surface area (Å²) in [5.74, 6) is 1.27. The van der Waals surface area contributed by atoms with Crippen LogP contribution in [0.3, 0.4) is 0 Å². The summed E-state index contributed by atoms with van der Waals surface area (Å²) in [7, 11) is 0.197. The van der Waals surface area contributed by atoms with Crippen LogP contribution >= 0.6 is 0 Å². The Balaban J connectivity index is 1.47. The highest BCUT2D eigenvalue weighted by Gasteiger charge is 2.23. The largest absolute Gasteiger partial charge is 0.480 e. The van der Waals surface area contributed by atoms with E-state index in [2.05, 4.69) is 39.9 Å². The second kappa shape index (κ2) is 12.9. The zero-order valence-electron chi connectivity index (χ0n) is 27.4. The molecule has 0 amide bonds. The van der Waals surface area contributed by atoms with E-state index in [1.54, 1.807) is 27.5 Å². The van der Waals surface area contributed by atoms with Crippen molar-refractivity contribution in [1.29, 1.82) is 0 Å². The Labute approximate surface area is 273 Å². The van der Waals surface area contributed by atoms with Gasteiger partial charge in [-0.25, -0.2) is 19.5 Å². The minimum absolute atomic E-state index is 0.168. The van der Waals surface area contributed by atoms with Crippen LogP contribution in [0, 0.1) is 6.92 Å². The molecule has 0 fully saturated rings. The van der Waals surface area contributed by atoms with Crippen LogP contribution in [0.2, 0.25) is 25.7 Å². The summed E-state index contributed by atoms with van der Waals surface area (Å²) in [5.41, 5.74) is 4.31. The Kier molecular flexibility index (Phi) is 8.75. The van der Waals surface area contributed by atoms with Gasteiger partial charge in [0.25, 0.3) is 5.56 Å². The second-order valence-electron chi connectivity index (χ2n) is 12.7. The van der Waals surface area contributed by atoms with Crippen LogP contribution < -0.4 is 15.6 Å². The van der Waals surface area contributed by atoms with Crippen molar-refractivity contribution in [2.45, 2.75) is 52.3 Å². The fourth-order valence-corrected chi connectivity index (χ4v) is 6.33. The maximum Gasteiger partial charge on any atom is 0.282 e.